The zero-order valence-corrected chi connectivity index (χ0v) is 9.03. The Balaban J connectivity index is 1.98. The van der Waals surface area contributed by atoms with E-state index in [9.17, 15) is 4.79 Å². The lowest BCUT2D eigenvalue weighted by atomic mass is 10.3. The predicted molar refractivity (Wildman–Crippen MR) is 57.2 cm³/mol. The van der Waals surface area contributed by atoms with Gasteiger partial charge in [0.25, 0.3) is 5.91 Å². The van der Waals surface area contributed by atoms with Gasteiger partial charge in [-0.1, -0.05) is 6.92 Å². The highest BCUT2D eigenvalue weighted by Crippen LogP contribution is 2.38. The number of nitrogens with two attached hydrogens (primary N) is 1. The first-order valence-corrected chi connectivity index (χ1v) is 5.14. The van der Waals surface area contributed by atoms with Crippen LogP contribution in [0.25, 0.3) is 0 Å². The molecule has 0 spiro atoms. The van der Waals surface area contributed by atoms with Crippen LogP contribution >= 0.6 is 0 Å². The van der Waals surface area contributed by atoms with Crippen molar-refractivity contribution < 1.29 is 4.79 Å². The molecule has 0 bridgehead atoms. The van der Waals surface area contributed by atoms with Gasteiger partial charge in [0.15, 0.2) is 0 Å². The van der Waals surface area contributed by atoms with Gasteiger partial charge in [-0.25, -0.2) is 0 Å². The van der Waals surface area contributed by atoms with Crippen molar-refractivity contribution in [3.8, 4) is 0 Å². The number of rotatable bonds is 3. The van der Waals surface area contributed by atoms with Crippen LogP contribution < -0.4 is 5.73 Å². The Kier molecular flexibility index (Phi) is 2.38. The van der Waals surface area contributed by atoms with Crippen molar-refractivity contribution in [2.24, 2.45) is 11.8 Å². The van der Waals surface area contributed by atoms with Gasteiger partial charge >= 0.3 is 0 Å². The summed E-state index contributed by atoms with van der Waals surface area (Å²) in [6.45, 7) is 3.01. The standard InChI is InChI=1S/C10H16N4O/c1-6-3-7(6)5-14(2)10(15)9-8(11)4-12-13-9/h4,6-7H,3,5,11H2,1-2H3,(H,12,13). The number of anilines is 1. The van der Waals surface area contributed by atoms with Crippen molar-refractivity contribution in [3.63, 3.8) is 0 Å². The number of nitrogens with zero attached hydrogens (tertiary/aromatic N) is 2. The van der Waals surface area contributed by atoms with Crippen LogP contribution in [0.1, 0.15) is 23.8 Å². The quantitative estimate of drug-likeness (QED) is 0.768. The van der Waals surface area contributed by atoms with Crippen LogP contribution in [0, 0.1) is 11.8 Å². The molecule has 2 atom stereocenters. The molecule has 0 saturated heterocycles. The molecule has 2 unspecified atom stereocenters. The number of hydrogen-bond donors (Lipinski definition) is 2. The highest BCUT2D eigenvalue weighted by Gasteiger charge is 2.34. The van der Waals surface area contributed by atoms with Crippen LogP contribution in [0.4, 0.5) is 5.69 Å². The maximum atomic E-state index is 11.9. The lowest BCUT2D eigenvalue weighted by molar-refractivity contribution is 0.0782. The Bertz CT molecular complexity index is 373. The summed E-state index contributed by atoms with van der Waals surface area (Å²) >= 11 is 0. The summed E-state index contributed by atoms with van der Waals surface area (Å²) in [7, 11) is 1.80. The molecular weight excluding hydrogens is 192 g/mol. The number of aromatic amines is 1. The van der Waals surface area contributed by atoms with Crippen LogP contribution in [-0.4, -0.2) is 34.6 Å². The minimum absolute atomic E-state index is 0.0795. The highest BCUT2D eigenvalue weighted by molar-refractivity contribution is 5.96. The van der Waals surface area contributed by atoms with E-state index >= 15 is 0 Å². The van der Waals surface area contributed by atoms with E-state index in [0.29, 0.717) is 17.3 Å². The Hall–Kier alpha value is -1.52. The van der Waals surface area contributed by atoms with E-state index in [-0.39, 0.29) is 5.91 Å². The summed E-state index contributed by atoms with van der Waals surface area (Å²) < 4.78 is 0. The van der Waals surface area contributed by atoms with Crippen molar-refractivity contribution in [2.45, 2.75) is 13.3 Å². The summed E-state index contributed by atoms with van der Waals surface area (Å²) in [5.41, 5.74) is 6.42. The van der Waals surface area contributed by atoms with Crippen LogP contribution in [0.5, 0.6) is 0 Å². The molecule has 5 nitrogen and oxygen atoms in total. The second-order valence-corrected chi connectivity index (χ2v) is 4.36. The molecule has 1 aromatic rings. The summed E-state index contributed by atoms with van der Waals surface area (Å²) in [6, 6.07) is 0. The molecule has 15 heavy (non-hydrogen) atoms. The fourth-order valence-corrected chi connectivity index (χ4v) is 1.75. The zero-order chi connectivity index (χ0) is 11.0. The second-order valence-electron chi connectivity index (χ2n) is 4.36. The van der Waals surface area contributed by atoms with Gasteiger partial charge in [-0.3, -0.25) is 9.89 Å². The fourth-order valence-electron chi connectivity index (χ4n) is 1.75. The van der Waals surface area contributed by atoms with Gasteiger partial charge in [-0.05, 0) is 18.3 Å². The number of nitrogens with one attached hydrogen (secondary N) is 1. The molecule has 0 aliphatic heterocycles. The molecule has 0 radical (unpaired) electrons. The molecule has 5 heteroatoms. The van der Waals surface area contributed by atoms with Crippen LogP contribution in [0.3, 0.4) is 0 Å². The van der Waals surface area contributed by atoms with Gasteiger partial charge in [0.05, 0.1) is 11.9 Å². The molecule has 82 valence electrons. The normalized spacial score (nSPS) is 23.9. The molecule has 0 aromatic carbocycles. The maximum absolute atomic E-state index is 11.9. The van der Waals surface area contributed by atoms with Gasteiger partial charge in [0.2, 0.25) is 0 Å². The van der Waals surface area contributed by atoms with E-state index in [4.69, 9.17) is 5.73 Å². The molecule has 1 aromatic heterocycles. The van der Waals surface area contributed by atoms with E-state index in [2.05, 4.69) is 17.1 Å². The van der Waals surface area contributed by atoms with Gasteiger partial charge in [-0.2, -0.15) is 5.10 Å². The summed E-state index contributed by atoms with van der Waals surface area (Å²) in [5, 5.41) is 6.36. The third-order valence-corrected chi connectivity index (χ3v) is 3.01. The molecule has 1 amide bonds. The first kappa shape index (κ1) is 10.0. The summed E-state index contributed by atoms with van der Waals surface area (Å²) in [6.07, 6.45) is 2.68. The molecule has 1 aliphatic carbocycles. The molecule has 2 rings (SSSR count). The van der Waals surface area contributed by atoms with Crippen LogP contribution in [0.15, 0.2) is 6.20 Å². The largest absolute Gasteiger partial charge is 0.396 e. The van der Waals surface area contributed by atoms with Crippen LogP contribution in [0.2, 0.25) is 0 Å². The van der Waals surface area contributed by atoms with Gasteiger partial charge in [0.1, 0.15) is 5.69 Å². The van der Waals surface area contributed by atoms with Crippen molar-refractivity contribution in [1.29, 1.82) is 0 Å². The number of aromatic nitrogens is 2. The van der Waals surface area contributed by atoms with Gasteiger partial charge in [0, 0.05) is 13.6 Å². The van der Waals surface area contributed by atoms with E-state index in [0.717, 1.165) is 12.5 Å². The molecule has 1 aliphatic rings. The first-order valence-electron chi connectivity index (χ1n) is 5.14. The molecular formula is C10H16N4O. The van der Waals surface area contributed by atoms with Crippen molar-refractivity contribution in [3.05, 3.63) is 11.9 Å². The maximum Gasteiger partial charge on any atom is 0.273 e. The number of amides is 1. The molecule has 1 heterocycles. The average Bonchev–Trinajstić information content (AvgIpc) is 2.72. The summed E-state index contributed by atoms with van der Waals surface area (Å²) in [4.78, 5) is 13.6. The topological polar surface area (TPSA) is 75.0 Å². The monoisotopic (exact) mass is 208 g/mol. The lowest BCUT2D eigenvalue weighted by Crippen LogP contribution is -2.29. The Morgan fingerprint density at radius 2 is 2.47 bits per heavy atom. The lowest BCUT2D eigenvalue weighted by Gasteiger charge is -2.16. The Morgan fingerprint density at radius 1 is 1.80 bits per heavy atom. The Labute approximate surface area is 88.6 Å². The second kappa shape index (κ2) is 3.56. The fraction of sp³-hybridized carbons (Fsp3) is 0.600. The zero-order valence-electron chi connectivity index (χ0n) is 9.03. The number of carbonyl (C=O) groups excluding carboxylic acids is 1. The third-order valence-electron chi connectivity index (χ3n) is 3.01. The van der Waals surface area contributed by atoms with Crippen molar-refractivity contribution >= 4 is 11.6 Å². The number of carbonyl (C=O) groups is 1. The van der Waals surface area contributed by atoms with E-state index < -0.39 is 0 Å². The van der Waals surface area contributed by atoms with Gasteiger partial charge < -0.3 is 10.6 Å². The predicted octanol–water partition coefficient (Wildman–Crippen LogP) is 0.720. The number of H-pyrrole nitrogens is 1. The minimum atomic E-state index is -0.0795. The molecule has 3 N–H and O–H groups in total. The van der Waals surface area contributed by atoms with Crippen molar-refractivity contribution in [1.82, 2.24) is 15.1 Å². The highest BCUT2D eigenvalue weighted by atomic mass is 16.2. The smallest absolute Gasteiger partial charge is 0.273 e. The SMILES string of the molecule is CC1CC1CN(C)C(=O)c1[nH]ncc1N. The van der Waals surface area contributed by atoms with E-state index in [1.165, 1.54) is 12.6 Å². The molecule has 1 saturated carbocycles. The first-order chi connectivity index (χ1) is 7.09. The number of nitrogen functional groups attached to an aromatic ring is 1. The minimum Gasteiger partial charge on any atom is -0.396 e. The molecule has 1 fully saturated rings. The number of hydrogen-bond acceptors (Lipinski definition) is 3. The van der Waals surface area contributed by atoms with E-state index in [1.54, 1.807) is 11.9 Å². The Morgan fingerprint density at radius 3 is 2.93 bits per heavy atom. The van der Waals surface area contributed by atoms with Gasteiger partial charge in [-0.15, -0.1) is 0 Å². The van der Waals surface area contributed by atoms with E-state index in [1.807, 2.05) is 0 Å². The summed E-state index contributed by atoms with van der Waals surface area (Å²) in [5.74, 6) is 1.33. The average molecular weight is 208 g/mol. The third kappa shape index (κ3) is 1.95. The van der Waals surface area contributed by atoms with Crippen molar-refractivity contribution in [2.75, 3.05) is 19.3 Å². The van der Waals surface area contributed by atoms with Crippen LogP contribution in [-0.2, 0) is 0 Å².